The van der Waals surface area contributed by atoms with E-state index < -0.39 is 0 Å². The van der Waals surface area contributed by atoms with Crippen molar-refractivity contribution in [3.05, 3.63) is 101 Å². The molecule has 0 bridgehead atoms. The number of rotatable bonds is 4. The van der Waals surface area contributed by atoms with Gasteiger partial charge in [0.1, 0.15) is 10.8 Å². The highest BCUT2D eigenvalue weighted by Gasteiger charge is 2.24. The Labute approximate surface area is 174 Å². The Bertz CT molecular complexity index is 1160. The summed E-state index contributed by atoms with van der Waals surface area (Å²) in [4.78, 5) is 9.71. The Hall–Kier alpha value is -3.11. The van der Waals surface area contributed by atoms with Crippen molar-refractivity contribution >= 4 is 11.8 Å². The van der Waals surface area contributed by atoms with Crippen LogP contribution in [-0.4, -0.2) is 9.97 Å². The summed E-state index contributed by atoms with van der Waals surface area (Å²) in [5.41, 5.74) is 5.77. The van der Waals surface area contributed by atoms with Crippen LogP contribution in [0.3, 0.4) is 0 Å². The van der Waals surface area contributed by atoms with E-state index in [1.807, 2.05) is 42.5 Å². The first kappa shape index (κ1) is 18.0. The van der Waals surface area contributed by atoms with Gasteiger partial charge in [0.05, 0.1) is 5.56 Å². The summed E-state index contributed by atoms with van der Waals surface area (Å²) in [7, 11) is 0. The molecule has 1 aliphatic rings. The largest absolute Gasteiger partial charge is 0.438 e. The highest BCUT2D eigenvalue weighted by Crippen LogP contribution is 2.41. The van der Waals surface area contributed by atoms with E-state index in [2.05, 4.69) is 43.3 Å². The van der Waals surface area contributed by atoms with Crippen molar-refractivity contribution in [1.29, 1.82) is 0 Å². The molecule has 1 aliphatic heterocycles. The van der Waals surface area contributed by atoms with Gasteiger partial charge in [-0.25, -0.2) is 4.98 Å². The molecule has 1 aromatic heterocycles. The topological polar surface area (TPSA) is 35.0 Å². The number of hydrogen-bond donors (Lipinski definition) is 0. The van der Waals surface area contributed by atoms with Gasteiger partial charge in [0, 0.05) is 17.7 Å². The Morgan fingerprint density at radius 1 is 0.897 bits per heavy atom. The molecule has 0 saturated carbocycles. The van der Waals surface area contributed by atoms with Gasteiger partial charge in [-0.15, -0.1) is 11.8 Å². The molecule has 0 radical (unpaired) electrons. The van der Waals surface area contributed by atoms with Crippen LogP contribution >= 0.6 is 11.8 Å². The molecule has 0 N–H and O–H groups in total. The molecule has 29 heavy (non-hydrogen) atoms. The molecule has 0 unspecified atom stereocenters. The van der Waals surface area contributed by atoms with E-state index in [0.717, 1.165) is 34.1 Å². The maximum atomic E-state index is 6.22. The molecule has 0 aliphatic carbocycles. The quantitative estimate of drug-likeness (QED) is 0.259. The first-order valence-corrected chi connectivity index (χ1v) is 10.7. The van der Waals surface area contributed by atoms with Gasteiger partial charge in [-0.2, -0.15) is 4.98 Å². The minimum absolute atomic E-state index is 0.672. The minimum Gasteiger partial charge on any atom is -0.438 e. The Morgan fingerprint density at radius 2 is 1.66 bits per heavy atom. The molecule has 4 heteroatoms. The van der Waals surface area contributed by atoms with Crippen LogP contribution in [0, 0.1) is 6.92 Å². The van der Waals surface area contributed by atoms with Crippen molar-refractivity contribution in [2.24, 2.45) is 0 Å². The number of fused-ring (bicyclic) bond motifs is 2. The number of thioether (sulfide) groups is 1. The smallest absolute Gasteiger partial charge is 0.227 e. The number of ether oxygens (including phenoxy) is 1. The van der Waals surface area contributed by atoms with Gasteiger partial charge in [0.25, 0.3) is 0 Å². The van der Waals surface area contributed by atoms with Crippen LogP contribution in [0.25, 0.3) is 11.4 Å². The van der Waals surface area contributed by atoms with E-state index in [0.29, 0.717) is 11.7 Å². The lowest BCUT2D eigenvalue weighted by Crippen LogP contribution is -2.09. The Kier molecular flexibility index (Phi) is 4.78. The monoisotopic (exact) mass is 396 g/mol. The average molecular weight is 397 g/mol. The van der Waals surface area contributed by atoms with Crippen molar-refractivity contribution in [2.45, 2.75) is 24.1 Å². The normalized spacial score (nSPS) is 12.0. The molecular weight excluding hydrogens is 376 g/mol. The van der Waals surface area contributed by atoms with Gasteiger partial charge in [0.15, 0.2) is 5.82 Å². The van der Waals surface area contributed by atoms with Crippen LogP contribution < -0.4 is 4.74 Å². The molecule has 5 rings (SSSR count). The summed E-state index contributed by atoms with van der Waals surface area (Å²) >= 11 is 1.74. The van der Waals surface area contributed by atoms with E-state index in [4.69, 9.17) is 14.7 Å². The van der Waals surface area contributed by atoms with Crippen LogP contribution in [-0.2, 0) is 12.2 Å². The van der Waals surface area contributed by atoms with E-state index in [1.165, 1.54) is 16.7 Å². The van der Waals surface area contributed by atoms with Crippen LogP contribution in [0.1, 0.15) is 22.3 Å². The second kappa shape index (κ2) is 7.72. The molecule has 0 atom stereocenters. The molecule has 0 saturated heterocycles. The van der Waals surface area contributed by atoms with Gasteiger partial charge in [0.2, 0.25) is 5.88 Å². The summed E-state index contributed by atoms with van der Waals surface area (Å²) in [6.45, 7) is 2.11. The lowest BCUT2D eigenvalue weighted by Gasteiger charge is -2.22. The van der Waals surface area contributed by atoms with Crippen molar-refractivity contribution in [3.63, 3.8) is 0 Å². The fourth-order valence-corrected chi connectivity index (χ4v) is 4.46. The lowest BCUT2D eigenvalue weighted by atomic mass is 10.0. The molecule has 0 spiro atoms. The van der Waals surface area contributed by atoms with Gasteiger partial charge in [-0.3, -0.25) is 0 Å². The Balaban J connectivity index is 1.56. The predicted molar refractivity (Wildman–Crippen MR) is 118 cm³/mol. The van der Waals surface area contributed by atoms with E-state index in [1.54, 1.807) is 11.8 Å². The van der Waals surface area contributed by atoms with Gasteiger partial charge >= 0.3 is 0 Å². The van der Waals surface area contributed by atoms with Crippen molar-refractivity contribution < 1.29 is 4.74 Å². The minimum atomic E-state index is 0.672. The highest BCUT2D eigenvalue weighted by atomic mass is 32.2. The Morgan fingerprint density at radius 3 is 2.45 bits per heavy atom. The first-order valence-electron chi connectivity index (χ1n) is 9.67. The maximum Gasteiger partial charge on any atom is 0.227 e. The van der Waals surface area contributed by atoms with E-state index >= 15 is 0 Å². The SMILES string of the molecule is Cc1ccc2c(c1)Cc1c(nc(-c3ccccc3)nc1SCc1ccccc1)O2. The number of aromatic nitrogens is 2. The fourth-order valence-electron chi connectivity index (χ4n) is 3.48. The van der Waals surface area contributed by atoms with Crippen LogP contribution in [0.5, 0.6) is 11.6 Å². The molecule has 3 aromatic carbocycles. The maximum absolute atomic E-state index is 6.22. The third-order valence-electron chi connectivity index (χ3n) is 4.97. The van der Waals surface area contributed by atoms with Crippen molar-refractivity contribution in [1.82, 2.24) is 9.97 Å². The molecule has 3 nitrogen and oxygen atoms in total. The predicted octanol–water partition coefficient (Wildman–Crippen LogP) is 6.44. The summed E-state index contributed by atoms with van der Waals surface area (Å²) in [5.74, 6) is 3.13. The summed E-state index contributed by atoms with van der Waals surface area (Å²) in [6.07, 6.45) is 0.790. The third-order valence-corrected chi connectivity index (χ3v) is 6.06. The average Bonchev–Trinajstić information content (AvgIpc) is 2.77. The van der Waals surface area contributed by atoms with Gasteiger partial charge in [-0.05, 0) is 24.1 Å². The second-order valence-electron chi connectivity index (χ2n) is 7.17. The van der Waals surface area contributed by atoms with E-state index in [9.17, 15) is 0 Å². The summed E-state index contributed by atoms with van der Waals surface area (Å²) in [5, 5.41) is 0.991. The molecule has 0 amide bonds. The van der Waals surface area contributed by atoms with E-state index in [-0.39, 0.29) is 0 Å². The number of aryl methyl sites for hydroxylation is 1. The standard InChI is InChI=1S/C25H20N2OS/c1-17-12-13-22-20(14-17)15-21-24(28-22)26-23(19-10-6-3-7-11-19)27-25(21)29-16-18-8-4-2-5-9-18/h2-14H,15-16H2,1H3. The fraction of sp³-hybridized carbons (Fsp3) is 0.120. The van der Waals surface area contributed by atoms with Crippen molar-refractivity contribution in [2.75, 3.05) is 0 Å². The number of benzene rings is 3. The molecule has 142 valence electrons. The van der Waals surface area contributed by atoms with Crippen LogP contribution in [0.15, 0.2) is 83.9 Å². The summed E-state index contributed by atoms with van der Waals surface area (Å²) in [6, 6.07) is 26.9. The zero-order valence-electron chi connectivity index (χ0n) is 16.1. The zero-order chi connectivity index (χ0) is 19.6. The van der Waals surface area contributed by atoms with Crippen LogP contribution in [0.4, 0.5) is 0 Å². The van der Waals surface area contributed by atoms with Crippen molar-refractivity contribution in [3.8, 4) is 23.0 Å². The molecule has 4 aromatic rings. The van der Waals surface area contributed by atoms with Gasteiger partial charge in [-0.1, -0.05) is 78.4 Å². The number of nitrogens with zero attached hydrogens (tertiary/aromatic N) is 2. The highest BCUT2D eigenvalue weighted by molar-refractivity contribution is 7.98. The second-order valence-corrected chi connectivity index (χ2v) is 8.13. The van der Waals surface area contributed by atoms with Gasteiger partial charge < -0.3 is 4.74 Å². The molecular formula is C25H20N2OS. The number of hydrogen-bond acceptors (Lipinski definition) is 4. The molecule has 2 heterocycles. The summed E-state index contributed by atoms with van der Waals surface area (Å²) < 4.78 is 6.22. The van der Waals surface area contributed by atoms with Crippen LogP contribution in [0.2, 0.25) is 0 Å². The third kappa shape index (κ3) is 3.76. The lowest BCUT2D eigenvalue weighted by molar-refractivity contribution is 0.435. The first-order chi connectivity index (χ1) is 14.3. The molecule has 0 fully saturated rings. The zero-order valence-corrected chi connectivity index (χ0v) is 16.9.